The molecule has 1 aliphatic carbocycles. The molecular weight excluding hydrogens is 280 g/mol. The van der Waals surface area contributed by atoms with Crippen molar-refractivity contribution in [1.82, 2.24) is 0 Å². The number of aliphatic carboxylic acids is 1. The highest BCUT2D eigenvalue weighted by atomic mass is 79.9. The molecule has 1 aromatic carbocycles. The smallest absolute Gasteiger partial charge is 0.331 e. The van der Waals surface area contributed by atoms with E-state index < -0.39 is 5.97 Å². The van der Waals surface area contributed by atoms with Crippen molar-refractivity contribution in [1.29, 1.82) is 0 Å². The van der Waals surface area contributed by atoms with Gasteiger partial charge >= 0.3 is 5.97 Å². The topological polar surface area (TPSA) is 37.3 Å². The lowest BCUT2D eigenvalue weighted by Crippen LogP contribution is -2.15. The summed E-state index contributed by atoms with van der Waals surface area (Å²) in [5.74, 6) is -0.547. The number of benzene rings is 1. The maximum atomic E-state index is 11.3. The van der Waals surface area contributed by atoms with Gasteiger partial charge in [-0.2, -0.15) is 0 Å². The first-order chi connectivity index (χ1) is 8.02. The van der Waals surface area contributed by atoms with E-state index in [4.69, 9.17) is 0 Å². The molecule has 0 spiro atoms. The molecule has 1 N–H and O–H groups in total. The fourth-order valence-electron chi connectivity index (χ4n) is 2.49. The van der Waals surface area contributed by atoms with Crippen molar-refractivity contribution in [2.75, 3.05) is 0 Å². The van der Waals surface area contributed by atoms with Gasteiger partial charge in [-0.05, 0) is 41.5 Å². The second-order valence-corrected chi connectivity index (χ2v) is 5.47. The fraction of sp³-hybridized carbons (Fsp3) is 0.357. The van der Waals surface area contributed by atoms with E-state index in [0.29, 0.717) is 12.0 Å². The number of halogens is 1. The van der Waals surface area contributed by atoms with Crippen LogP contribution in [0.4, 0.5) is 0 Å². The van der Waals surface area contributed by atoms with Crippen molar-refractivity contribution >= 4 is 27.5 Å². The number of carboxylic acids is 1. The van der Waals surface area contributed by atoms with Gasteiger partial charge in [0.1, 0.15) is 0 Å². The number of carboxylic acid groups (broad SMARTS) is 1. The summed E-state index contributed by atoms with van der Waals surface area (Å²) in [6, 6.07) is 6.01. The first-order valence-corrected chi connectivity index (χ1v) is 6.55. The van der Waals surface area contributed by atoms with Crippen LogP contribution in [-0.2, 0) is 11.2 Å². The van der Waals surface area contributed by atoms with Crippen LogP contribution in [0.3, 0.4) is 0 Å². The zero-order valence-electron chi connectivity index (χ0n) is 9.96. The summed E-state index contributed by atoms with van der Waals surface area (Å²) in [7, 11) is 0. The lowest BCUT2D eigenvalue weighted by Gasteiger charge is -2.25. The summed E-state index contributed by atoms with van der Waals surface area (Å²) >= 11 is 3.55. The maximum absolute atomic E-state index is 11.3. The predicted molar refractivity (Wildman–Crippen MR) is 71.9 cm³/mol. The highest BCUT2D eigenvalue weighted by Gasteiger charge is 2.25. The second kappa shape index (κ2) is 4.65. The highest BCUT2D eigenvalue weighted by molar-refractivity contribution is 9.10. The Morgan fingerprint density at radius 1 is 1.35 bits per heavy atom. The first-order valence-electron chi connectivity index (χ1n) is 5.76. The molecule has 0 saturated carbocycles. The molecule has 17 heavy (non-hydrogen) atoms. The molecule has 0 aromatic heterocycles. The van der Waals surface area contributed by atoms with Gasteiger partial charge in [0.15, 0.2) is 0 Å². The monoisotopic (exact) mass is 294 g/mol. The number of fused-ring (bicyclic) bond motifs is 1. The van der Waals surface area contributed by atoms with Crippen LogP contribution in [0.25, 0.3) is 5.57 Å². The number of carbonyl (C=O) groups is 1. The molecule has 2 nitrogen and oxygen atoms in total. The van der Waals surface area contributed by atoms with E-state index in [0.717, 1.165) is 22.0 Å². The summed E-state index contributed by atoms with van der Waals surface area (Å²) < 4.78 is 1.08. The Morgan fingerprint density at radius 3 is 2.65 bits per heavy atom. The van der Waals surface area contributed by atoms with Gasteiger partial charge in [-0.1, -0.05) is 41.9 Å². The molecule has 90 valence electrons. The third kappa shape index (κ3) is 2.16. The minimum atomic E-state index is -0.778. The van der Waals surface area contributed by atoms with E-state index in [1.165, 1.54) is 5.56 Å². The Bertz CT molecular complexity index is 501. The Labute approximate surface area is 109 Å². The molecule has 1 aromatic rings. The number of rotatable bonds is 2. The Morgan fingerprint density at radius 2 is 2.06 bits per heavy atom. The Kier molecular flexibility index (Phi) is 3.38. The molecule has 0 atom stereocenters. The van der Waals surface area contributed by atoms with Crippen LogP contribution in [-0.4, -0.2) is 11.1 Å². The summed E-state index contributed by atoms with van der Waals surface area (Å²) in [6.45, 7) is 4.10. The van der Waals surface area contributed by atoms with Gasteiger partial charge in [-0.3, -0.25) is 0 Å². The normalized spacial score (nSPS) is 15.1. The van der Waals surface area contributed by atoms with Crippen molar-refractivity contribution in [3.05, 3.63) is 39.4 Å². The molecule has 1 aliphatic rings. The van der Waals surface area contributed by atoms with E-state index >= 15 is 0 Å². The van der Waals surface area contributed by atoms with Gasteiger partial charge in [-0.15, -0.1) is 0 Å². The molecule has 0 saturated heterocycles. The van der Waals surface area contributed by atoms with E-state index in [2.05, 4.69) is 15.9 Å². The van der Waals surface area contributed by atoms with Crippen LogP contribution in [0.2, 0.25) is 0 Å². The third-order valence-corrected chi connectivity index (χ3v) is 3.94. The molecule has 3 heteroatoms. The van der Waals surface area contributed by atoms with Gasteiger partial charge in [0.2, 0.25) is 0 Å². The van der Waals surface area contributed by atoms with Crippen LogP contribution in [0.15, 0.2) is 28.2 Å². The van der Waals surface area contributed by atoms with Gasteiger partial charge in [-0.25, -0.2) is 4.79 Å². The van der Waals surface area contributed by atoms with Gasteiger partial charge in [0.05, 0.1) is 0 Å². The van der Waals surface area contributed by atoms with Crippen molar-refractivity contribution in [2.45, 2.75) is 26.7 Å². The second-order valence-electron chi connectivity index (χ2n) is 4.62. The molecule has 0 fully saturated rings. The molecular formula is C14H15BrO2. The fourth-order valence-corrected chi connectivity index (χ4v) is 3.06. The van der Waals surface area contributed by atoms with E-state index in [1.54, 1.807) is 0 Å². The van der Waals surface area contributed by atoms with Crippen LogP contribution >= 0.6 is 15.9 Å². The Balaban J connectivity index is 2.68. The summed E-state index contributed by atoms with van der Waals surface area (Å²) in [5.41, 5.74) is 3.89. The maximum Gasteiger partial charge on any atom is 0.331 e. The lowest BCUT2D eigenvalue weighted by atomic mass is 9.80. The van der Waals surface area contributed by atoms with E-state index in [-0.39, 0.29) is 5.92 Å². The van der Waals surface area contributed by atoms with Crippen LogP contribution in [0, 0.1) is 5.92 Å². The standard InChI is InChI=1S/C14H15BrO2/c1-8(2)13-10-4-3-5-12(15)9(10)6-7-11(13)14(16)17/h3-5,8H,6-7H2,1-2H3,(H,16,17). The molecule has 0 radical (unpaired) electrons. The lowest BCUT2D eigenvalue weighted by molar-refractivity contribution is -0.132. The average molecular weight is 295 g/mol. The SMILES string of the molecule is CC(C)C1=C(C(=O)O)CCc2c(Br)cccc21. The largest absolute Gasteiger partial charge is 0.478 e. The third-order valence-electron chi connectivity index (χ3n) is 3.19. The molecule has 0 unspecified atom stereocenters. The summed E-state index contributed by atoms with van der Waals surface area (Å²) in [5, 5.41) is 9.28. The minimum Gasteiger partial charge on any atom is -0.478 e. The van der Waals surface area contributed by atoms with E-state index in [1.807, 2.05) is 32.0 Å². The zero-order chi connectivity index (χ0) is 12.6. The van der Waals surface area contributed by atoms with Crippen LogP contribution in [0.5, 0.6) is 0 Å². The number of hydrogen-bond acceptors (Lipinski definition) is 1. The van der Waals surface area contributed by atoms with Crippen molar-refractivity contribution < 1.29 is 9.90 Å². The average Bonchev–Trinajstić information content (AvgIpc) is 2.27. The van der Waals surface area contributed by atoms with E-state index in [9.17, 15) is 9.90 Å². The van der Waals surface area contributed by atoms with Crippen molar-refractivity contribution in [3.63, 3.8) is 0 Å². The van der Waals surface area contributed by atoms with Crippen LogP contribution in [0.1, 0.15) is 31.4 Å². The van der Waals surface area contributed by atoms with Crippen LogP contribution < -0.4 is 0 Å². The molecule has 0 heterocycles. The van der Waals surface area contributed by atoms with Gasteiger partial charge < -0.3 is 5.11 Å². The quantitative estimate of drug-likeness (QED) is 0.898. The number of hydrogen-bond donors (Lipinski definition) is 1. The Hall–Kier alpha value is -1.09. The minimum absolute atomic E-state index is 0.231. The summed E-state index contributed by atoms with van der Waals surface area (Å²) in [4.78, 5) is 11.3. The molecule has 0 bridgehead atoms. The molecule has 0 amide bonds. The summed E-state index contributed by atoms with van der Waals surface area (Å²) in [6.07, 6.45) is 1.42. The van der Waals surface area contributed by atoms with Gasteiger partial charge in [0.25, 0.3) is 0 Å². The first kappa shape index (κ1) is 12.4. The van der Waals surface area contributed by atoms with Gasteiger partial charge in [0, 0.05) is 10.0 Å². The highest BCUT2D eigenvalue weighted by Crippen LogP contribution is 2.38. The van der Waals surface area contributed by atoms with Crippen molar-refractivity contribution in [2.24, 2.45) is 5.92 Å². The predicted octanol–water partition coefficient (Wildman–Crippen LogP) is 3.89. The van der Waals surface area contributed by atoms with Crippen molar-refractivity contribution in [3.8, 4) is 0 Å². The number of allylic oxidation sites excluding steroid dienone is 1. The zero-order valence-corrected chi connectivity index (χ0v) is 11.5. The molecule has 2 rings (SSSR count). The molecule has 0 aliphatic heterocycles.